The molecule has 0 radical (unpaired) electrons. The highest BCUT2D eigenvalue weighted by Crippen LogP contribution is 2.36. The molecule has 1 aliphatic carbocycles. The van der Waals surface area contributed by atoms with Crippen molar-refractivity contribution in [2.75, 3.05) is 19.6 Å². The summed E-state index contributed by atoms with van der Waals surface area (Å²) >= 11 is 0. The Kier molecular flexibility index (Phi) is 4.98. The third-order valence-corrected chi connectivity index (χ3v) is 5.81. The number of likely N-dealkylation sites (tertiary alicyclic amines) is 1. The Morgan fingerprint density at radius 1 is 0.920 bits per heavy atom. The van der Waals surface area contributed by atoms with Crippen LogP contribution in [0, 0.1) is 17.7 Å². The van der Waals surface area contributed by atoms with Crippen LogP contribution in [-0.4, -0.2) is 24.5 Å². The zero-order valence-electron chi connectivity index (χ0n) is 14.7. The molecule has 2 atom stereocenters. The lowest BCUT2D eigenvalue weighted by atomic mass is 9.97. The summed E-state index contributed by atoms with van der Waals surface area (Å²) in [6, 6.07) is 17.3. The lowest BCUT2D eigenvalue weighted by Gasteiger charge is -2.23. The summed E-state index contributed by atoms with van der Waals surface area (Å²) < 4.78 is 13.3. The maximum absolute atomic E-state index is 13.3. The van der Waals surface area contributed by atoms with Gasteiger partial charge in [-0.05, 0) is 66.5 Å². The van der Waals surface area contributed by atoms with E-state index in [1.807, 2.05) is 18.2 Å². The Balaban J connectivity index is 1.57. The Labute approximate surface area is 150 Å². The van der Waals surface area contributed by atoms with Gasteiger partial charge in [-0.1, -0.05) is 55.0 Å². The van der Waals surface area contributed by atoms with Crippen LogP contribution in [0.4, 0.5) is 4.39 Å². The van der Waals surface area contributed by atoms with Crippen molar-refractivity contribution < 1.29 is 4.39 Å². The molecule has 1 aliphatic heterocycles. The fourth-order valence-corrected chi connectivity index (χ4v) is 4.46. The molecule has 2 aliphatic rings. The van der Waals surface area contributed by atoms with Crippen molar-refractivity contribution in [3.8, 4) is 0 Å². The summed E-state index contributed by atoms with van der Waals surface area (Å²) in [4.78, 5) is 2.61. The first kappa shape index (κ1) is 16.5. The zero-order chi connectivity index (χ0) is 17.1. The van der Waals surface area contributed by atoms with Gasteiger partial charge in [-0.2, -0.15) is 0 Å². The van der Waals surface area contributed by atoms with Gasteiger partial charge >= 0.3 is 0 Å². The summed E-state index contributed by atoms with van der Waals surface area (Å²) in [6.45, 7) is 3.42. The standard InChI is InChI=1S/C23H26FN/c24-22-10-8-21(9-11-22)23(20-4-2-1-3-5-20)13-15-25-14-12-18-6-7-19(16-18)17-25/h1-5,8-11,13,18-19H,6-7,12,14-17H2. The first-order chi connectivity index (χ1) is 12.3. The average molecular weight is 335 g/mol. The smallest absolute Gasteiger partial charge is 0.123 e. The molecule has 2 heteroatoms. The van der Waals surface area contributed by atoms with Gasteiger partial charge < -0.3 is 0 Å². The molecule has 0 amide bonds. The Hall–Kier alpha value is -1.93. The van der Waals surface area contributed by atoms with Gasteiger partial charge in [0, 0.05) is 13.1 Å². The van der Waals surface area contributed by atoms with Crippen LogP contribution in [0.2, 0.25) is 0 Å². The fraction of sp³-hybridized carbons (Fsp3) is 0.391. The van der Waals surface area contributed by atoms with E-state index in [0.29, 0.717) is 0 Å². The molecule has 0 aromatic heterocycles. The maximum atomic E-state index is 13.3. The summed E-state index contributed by atoms with van der Waals surface area (Å²) in [6.07, 6.45) is 7.97. The molecule has 25 heavy (non-hydrogen) atoms. The topological polar surface area (TPSA) is 3.24 Å². The van der Waals surface area contributed by atoms with E-state index in [4.69, 9.17) is 0 Å². The molecular formula is C23H26FN. The number of fused-ring (bicyclic) bond motifs is 2. The van der Waals surface area contributed by atoms with Crippen LogP contribution in [-0.2, 0) is 0 Å². The minimum Gasteiger partial charge on any atom is -0.299 e. The lowest BCUT2D eigenvalue weighted by Crippen LogP contribution is -2.29. The summed E-state index contributed by atoms with van der Waals surface area (Å²) in [5.74, 6) is 1.68. The Bertz CT molecular complexity index is 720. The van der Waals surface area contributed by atoms with E-state index in [9.17, 15) is 4.39 Å². The molecule has 130 valence electrons. The highest BCUT2D eigenvalue weighted by atomic mass is 19.1. The van der Waals surface area contributed by atoms with E-state index in [1.165, 1.54) is 49.9 Å². The van der Waals surface area contributed by atoms with Crippen molar-refractivity contribution in [1.82, 2.24) is 4.90 Å². The van der Waals surface area contributed by atoms with E-state index >= 15 is 0 Å². The van der Waals surface area contributed by atoms with Crippen LogP contribution in [0.5, 0.6) is 0 Å². The van der Waals surface area contributed by atoms with Crippen molar-refractivity contribution in [3.63, 3.8) is 0 Å². The highest BCUT2D eigenvalue weighted by Gasteiger charge is 2.29. The number of rotatable bonds is 4. The third kappa shape index (κ3) is 4.01. The van der Waals surface area contributed by atoms with E-state index in [0.717, 1.165) is 23.9 Å². The van der Waals surface area contributed by atoms with Crippen LogP contribution < -0.4 is 0 Å². The maximum Gasteiger partial charge on any atom is 0.123 e. The minimum atomic E-state index is -0.181. The molecule has 2 aromatic rings. The van der Waals surface area contributed by atoms with Gasteiger partial charge in [0.1, 0.15) is 5.82 Å². The average Bonchev–Trinajstić information content (AvgIpc) is 2.98. The quantitative estimate of drug-likeness (QED) is 0.725. The van der Waals surface area contributed by atoms with Crippen molar-refractivity contribution in [2.45, 2.75) is 25.7 Å². The second-order valence-corrected chi connectivity index (χ2v) is 7.58. The van der Waals surface area contributed by atoms with Gasteiger partial charge in [-0.25, -0.2) is 4.39 Å². The summed E-state index contributed by atoms with van der Waals surface area (Å²) in [5.41, 5.74) is 3.49. The number of nitrogens with zero attached hydrogens (tertiary/aromatic N) is 1. The van der Waals surface area contributed by atoms with E-state index in [2.05, 4.69) is 35.2 Å². The summed E-state index contributed by atoms with van der Waals surface area (Å²) in [7, 11) is 0. The van der Waals surface area contributed by atoms with Crippen molar-refractivity contribution in [1.29, 1.82) is 0 Å². The largest absolute Gasteiger partial charge is 0.299 e. The zero-order valence-corrected chi connectivity index (χ0v) is 14.7. The first-order valence-corrected chi connectivity index (χ1v) is 9.52. The van der Waals surface area contributed by atoms with Crippen LogP contribution >= 0.6 is 0 Å². The molecule has 1 nitrogen and oxygen atoms in total. The highest BCUT2D eigenvalue weighted by molar-refractivity contribution is 5.79. The third-order valence-electron chi connectivity index (χ3n) is 5.81. The van der Waals surface area contributed by atoms with E-state index in [1.54, 1.807) is 12.1 Å². The molecule has 2 unspecified atom stereocenters. The molecule has 0 N–H and O–H groups in total. The number of hydrogen-bond acceptors (Lipinski definition) is 1. The fourth-order valence-electron chi connectivity index (χ4n) is 4.46. The van der Waals surface area contributed by atoms with Crippen LogP contribution in [0.15, 0.2) is 60.7 Å². The minimum absolute atomic E-state index is 0.181. The van der Waals surface area contributed by atoms with Crippen LogP contribution in [0.3, 0.4) is 0 Å². The molecule has 2 bridgehead atoms. The Morgan fingerprint density at radius 3 is 2.44 bits per heavy atom. The predicted molar refractivity (Wildman–Crippen MR) is 102 cm³/mol. The predicted octanol–water partition coefficient (Wildman–Crippen LogP) is 5.38. The lowest BCUT2D eigenvalue weighted by molar-refractivity contribution is 0.260. The van der Waals surface area contributed by atoms with Crippen molar-refractivity contribution in [2.24, 2.45) is 11.8 Å². The molecule has 1 heterocycles. The molecule has 1 saturated carbocycles. The number of halogens is 1. The number of hydrogen-bond donors (Lipinski definition) is 0. The van der Waals surface area contributed by atoms with Gasteiger partial charge in [0.05, 0.1) is 0 Å². The van der Waals surface area contributed by atoms with Gasteiger partial charge in [0.25, 0.3) is 0 Å². The molecule has 2 fully saturated rings. The van der Waals surface area contributed by atoms with Crippen molar-refractivity contribution in [3.05, 3.63) is 77.6 Å². The molecule has 1 saturated heterocycles. The SMILES string of the molecule is Fc1ccc(C(=CCN2CCC3CCC(C3)C2)c2ccccc2)cc1. The molecule has 0 spiro atoms. The van der Waals surface area contributed by atoms with Crippen LogP contribution in [0.25, 0.3) is 5.57 Å². The summed E-state index contributed by atoms with van der Waals surface area (Å²) in [5, 5.41) is 0. The van der Waals surface area contributed by atoms with Gasteiger partial charge in [-0.3, -0.25) is 4.90 Å². The normalized spacial score (nSPS) is 24.3. The molecule has 4 rings (SSSR count). The van der Waals surface area contributed by atoms with Gasteiger partial charge in [0.2, 0.25) is 0 Å². The monoisotopic (exact) mass is 335 g/mol. The van der Waals surface area contributed by atoms with E-state index < -0.39 is 0 Å². The second-order valence-electron chi connectivity index (χ2n) is 7.58. The first-order valence-electron chi connectivity index (χ1n) is 9.52. The number of benzene rings is 2. The van der Waals surface area contributed by atoms with Gasteiger partial charge in [-0.15, -0.1) is 0 Å². The van der Waals surface area contributed by atoms with Gasteiger partial charge in [0.15, 0.2) is 0 Å². The Morgan fingerprint density at radius 2 is 1.64 bits per heavy atom. The molecular weight excluding hydrogens is 309 g/mol. The van der Waals surface area contributed by atoms with Crippen LogP contribution in [0.1, 0.15) is 36.8 Å². The second kappa shape index (κ2) is 7.53. The molecule has 2 aromatic carbocycles. The van der Waals surface area contributed by atoms with Crippen molar-refractivity contribution >= 4 is 5.57 Å². The van der Waals surface area contributed by atoms with E-state index in [-0.39, 0.29) is 5.82 Å².